The molecule has 0 aliphatic carbocycles. The summed E-state index contributed by atoms with van der Waals surface area (Å²) in [5.41, 5.74) is 1.38. The normalized spacial score (nSPS) is 16.8. The van der Waals surface area contributed by atoms with E-state index >= 15 is 0 Å². The van der Waals surface area contributed by atoms with E-state index in [1.807, 2.05) is 25.1 Å². The molecule has 34 heavy (non-hydrogen) atoms. The maximum Gasteiger partial charge on any atom is 0.243 e. The van der Waals surface area contributed by atoms with Crippen LogP contribution in [0.2, 0.25) is 0 Å². The number of piperidine rings is 1. The maximum atomic E-state index is 13.3. The van der Waals surface area contributed by atoms with Crippen LogP contribution in [0.3, 0.4) is 0 Å². The lowest BCUT2D eigenvalue weighted by Crippen LogP contribution is -2.44. The fraction of sp³-hybridized carbons (Fsp3) is 0.440. The first-order valence-corrected chi connectivity index (χ1v) is 13.0. The molecule has 182 valence electrons. The van der Waals surface area contributed by atoms with Gasteiger partial charge in [-0.05, 0) is 44.9 Å². The number of ether oxygens (including phenoxy) is 2. The summed E-state index contributed by atoms with van der Waals surface area (Å²) in [5, 5.41) is 0. The van der Waals surface area contributed by atoms with Crippen LogP contribution in [0.1, 0.15) is 42.6 Å². The summed E-state index contributed by atoms with van der Waals surface area (Å²) in [5.74, 6) is 1.07. The van der Waals surface area contributed by atoms with Gasteiger partial charge in [-0.2, -0.15) is 4.31 Å². The number of para-hydroxylation sites is 1. The molecule has 2 aromatic carbocycles. The lowest BCUT2D eigenvalue weighted by atomic mass is 9.96. The number of carbonyl (C=O) groups is 2. The van der Waals surface area contributed by atoms with Crippen molar-refractivity contribution in [1.82, 2.24) is 9.21 Å². The summed E-state index contributed by atoms with van der Waals surface area (Å²) in [6, 6.07) is 11.7. The number of amides is 1. The number of nitrogens with zero attached hydrogens (tertiary/aromatic N) is 2. The van der Waals surface area contributed by atoms with Gasteiger partial charge in [0.2, 0.25) is 15.9 Å². The highest BCUT2D eigenvalue weighted by molar-refractivity contribution is 7.89. The van der Waals surface area contributed by atoms with Crippen molar-refractivity contribution in [2.75, 3.05) is 32.8 Å². The number of fused-ring (bicyclic) bond motifs is 1. The number of carbonyl (C=O) groups excluding carboxylic acids is 2. The molecule has 0 bridgehead atoms. The Kier molecular flexibility index (Phi) is 7.23. The zero-order valence-corrected chi connectivity index (χ0v) is 20.3. The second kappa shape index (κ2) is 10.1. The van der Waals surface area contributed by atoms with Gasteiger partial charge in [0.15, 0.2) is 17.3 Å². The van der Waals surface area contributed by atoms with Crippen molar-refractivity contribution in [3.8, 4) is 11.5 Å². The molecule has 0 radical (unpaired) electrons. The first-order valence-electron chi connectivity index (χ1n) is 11.6. The van der Waals surface area contributed by atoms with Crippen LogP contribution in [0.15, 0.2) is 47.4 Å². The molecule has 0 atom stereocenters. The molecular weight excluding hydrogens is 456 g/mol. The van der Waals surface area contributed by atoms with Crippen LogP contribution in [0.25, 0.3) is 0 Å². The number of ketones is 1. The Bertz CT molecular complexity index is 1150. The zero-order valence-electron chi connectivity index (χ0n) is 19.5. The van der Waals surface area contributed by atoms with Crippen LogP contribution in [-0.4, -0.2) is 62.2 Å². The Morgan fingerprint density at radius 2 is 1.71 bits per heavy atom. The Morgan fingerprint density at radius 3 is 2.35 bits per heavy atom. The molecular formula is C25H30N2O6S. The van der Waals surface area contributed by atoms with E-state index in [1.165, 1.54) is 35.5 Å². The topological polar surface area (TPSA) is 93.2 Å². The largest absolute Gasteiger partial charge is 0.486 e. The van der Waals surface area contributed by atoms with Crippen molar-refractivity contribution in [2.45, 2.75) is 38.1 Å². The fourth-order valence-electron chi connectivity index (χ4n) is 4.42. The van der Waals surface area contributed by atoms with E-state index in [4.69, 9.17) is 9.47 Å². The molecule has 2 heterocycles. The number of sulfonamides is 1. The van der Waals surface area contributed by atoms with E-state index in [0.29, 0.717) is 56.2 Å². The van der Waals surface area contributed by atoms with Gasteiger partial charge in [-0.1, -0.05) is 24.3 Å². The highest BCUT2D eigenvalue weighted by atomic mass is 32.2. The molecule has 0 saturated carbocycles. The second-order valence-electron chi connectivity index (χ2n) is 8.55. The molecule has 0 spiro atoms. The monoisotopic (exact) mass is 486 g/mol. The third-order valence-electron chi connectivity index (χ3n) is 6.40. The van der Waals surface area contributed by atoms with Crippen LogP contribution in [0.5, 0.6) is 11.5 Å². The SMILES string of the molecule is CCN(Cc1cccc2c1OCCO2)C(=O)C1CCN(S(=O)(=O)c2ccc(C(C)=O)cc2)CC1. The number of hydrogen-bond donors (Lipinski definition) is 0. The summed E-state index contributed by atoms with van der Waals surface area (Å²) in [6.45, 7) is 5.90. The van der Waals surface area contributed by atoms with E-state index in [2.05, 4.69) is 0 Å². The molecule has 8 nitrogen and oxygen atoms in total. The Balaban J connectivity index is 1.40. The third kappa shape index (κ3) is 4.95. The predicted octanol–water partition coefficient (Wildman–Crippen LogP) is 3.11. The summed E-state index contributed by atoms with van der Waals surface area (Å²) >= 11 is 0. The first-order chi connectivity index (χ1) is 16.3. The van der Waals surface area contributed by atoms with Crippen LogP contribution < -0.4 is 9.47 Å². The molecule has 2 aromatic rings. The molecule has 0 unspecified atom stereocenters. The van der Waals surface area contributed by atoms with Crippen LogP contribution in [-0.2, 0) is 21.4 Å². The zero-order chi connectivity index (χ0) is 24.3. The maximum absolute atomic E-state index is 13.3. The van der Waals surface area contributed by atoms with Gasteiger partial charge >= 0.3 is 0 Å². The summed E-state index contributed by atoms with van der Waals surface area (Å²) in [7, 11) is -3.67. The van der Waals surface area contributed by atoms with Crippen molar-refractivity contribution in [2.24, 2.45) is 5.92 Å². The smallest absolute Gasteiger partial charge is 0.243 e. The molecule has 2 aliphatic heterocycles. The molecule has 0 N–H and O–H groups in total. The number of benzene rings is 2. The van der Waals surface area contributed by atoms with E-state index in [1.54, 1.807) is 4.90 Å². The van der Waals surface area contributed by atoms with Gasteiger partial charge in [-0.25, -0.2) is 8.42 Å². The minimum Gasteiger partial charge on any atom is -0.486 e. The summed E-state index contributed by atoms with van der Waals surface area (Å²) in [4.78, 5) is 26.7. The van der Waals surface area contributed by atoms with E-state index in [0.717, 1.165) is 5.56 Å². The van der Waals surface area contributed by atoms with Crippen molar-refractivity contribution in [3.63, 3.8) is 0 Å². The van der Waals surface area contributed by atoms with Gasteiger partial charge in [0, 0.05) is 43.2 Å². The number of Topliss-reactive ketones (excluding diaryl/α,β-unsaturated/α-hetero) is 1. The van der Waals surface area contributed by atoms with Gasteiger partial charge in [0.25, 0.3) is 0 Å². The average Bonchev–Trinajstić information content (AvgIpc) is 2.87. The van der Waals surface area contributed by atoms with E-state index in [-0.39, 0.29) is 35.6 Å². The number of rotatable bonds is 7. The van der Waals surface area contributed by atoms with Gasteiger partial charge in [-0.3, -0.25) is 9.59 Å². The van der Waals surface area contributed by atoms with Gasteiger partial charge < -0.3 is 14.4 Å². The van der Waals surface area contributed by atoms with Crippen molar-refractivity contribution < 1.29 is 27.5 Å². The van der Waals surface area contributed by atoms with Crippen LogP contribution in [0, 0.1) is 5.92 Å². The van der Waals surface area contributed by atoms with Crippen LogP contribution >= 0.6 is 0 Å². The van der Waals surface area contributed by atoms with Gasteiger partial charge in [0.1, 0.15) is 13.2 Å². The summed E-state index contributed by atoms with van der Waals surface area (Å²) < 4.78 is 38.9. The van der Waals surface area contributed by atoms with Gasteiger partial charge in [-0.15, -0.1) is 0 Å². The van der Waals surface area contributed by atoms with Crippen molar-refractivity contribution in [1.29, 1.82) is 0 Å². The highest BCUT2D eigenvalue weighted by Crippen LogP contribution is 2.35. The van der Waals surface area contributed by atoms with Crippen molar-refractivity contribution in [3.05, 3.63) is 53.6 Å². The Morgan fingerprint density at radius 1 is 1.03 bits per heavy atom. The first kappa shape index (κ1) is 24.2. The molecule has 4 rings (SSSR count). The molecule has 9 heteroatoms. The molecule has 0 aromatic heterocycles. The Hall–Kier alpha value is -2.91. The fourth-order valence-corrected chi connectivity index (χ4v) is 5.89. The standard InChI is InChI=1S/C25H30N2O6S/c1-3-26(17-21-5-4-6-23-24(21)33-16-15-32-23)25(29)20-11-13-27(14-12-20)34(30,31)22-9-7-19(8-10-22)18(2)28/h4-10,20H,3,11-17H2,1-2H3. The van der Waals surface area contributed by atoms with E-state index in [9.17, 15) is 18.0 Å². The van der Waals surface area contributed by atoms with Crippen molar-refractivity contribution >= 4 is 21.7 Å². The number of hydrogen-bond acceptors (Lipinski definition) is 6. The summed E-state index contributed by atoms with van der Waals surface area (Å²) in [6.07, 6.45) is 0.930. The Labute approximate surface area is 200 Å². The lowest BCUT2D eigenvalue weighted by Gasteiger charge is -2.33. The molecule has 1 amide bonds. The van der Waals surface area contributed by atoms with E-state index < -0.39 is 10.0 Å². The third-order valence-corrected chi connectivity index (χ3v) is 8.32. The quantitative estimate of drug-likeness (QED) is 0.559. The second-order valence-corrected chi connectivity index (χ2v) is 10.5. The van der Waals surface area contributed by atoms with Gasteiger partial charge in [0.05, 0.1) is 4.90 Å². The average molecular weight is 487 g/mol. The molecule has 1 fully saturated rings. The minimum atomic E-state index is -3.67. The van der Waals surface area contributed by atoms with Crippen LogP contribution in [0.4, 0.5) is 0 Å². The molecule has 2 aliphatic rings. The predicted molar refractivity (Wildman–Crippen MR) is 126 cm³/mol. The lowest BCUT2D eigenvalue weighted by molar-refractivity contribution is -0.137. The highest BCUT2D eigenvalue weighted by Gasteiger charge is 2.34. The minimum absolute atomic E-state index is 0.0275. The molecule has 1 saturated heterocycles.